The molecule has 0 aliphatic carbocycles. The topological polar surface area (TPSA) is 182 Å². The van der Waals surface area contributed by atoms with Gasteiger partial charge in [-0.3, -0.25) is 14.5 Å². The predicted molar refractivity (Wildman–Crippen MR) is 164 cm³/mol. The van der Waals surface area contributed by atoms with Gasteiger partial charge in [-0.15, -0.1) is 0 Å². The number of methoxy groups -OCH3 is 1. The summed E-state index contributed by atoms with van der Waals surface area (Å²) in [5, 5.41) is 18.9. The smallest absolute Gasteiger partial charge is 0.408 e. The van der Waals surface area contributed by atoms with E-state index in [4.69, 9.17) is 15.2 Å². The summed E-state index contributed by atoms with van der Waals surface area (Å²) in [5.41, 5.74) is 8.77. The minimum atomic E-state index is -1.22. The van der Waals surface area contributed by atoms with E-state index in [1.165, 1.54) is 7.11 Å². The molecule has 1 aliphatic heterocycles. The number of para-hydroxylation sites is 1. The van der Waals surface area contributed by atoms with Crippen LogP contribution in [0, 0.1) is 0 Å². The van der Waals surface area contributed by atoms with Crippen LogP contribution in [0.4, 0.5) is 15.3 Å². The zero-order chi connectivity index (χ0) is 32.2. The third-order valence-corrected chi connectivity index (χ3v) is 7.46. The molecule has 3 amide bonds. The molecule has 5 N–H and O–H groups in total. The Hall–Kier alpha value is -5.43. The summed E-state index contributed by atoms with van der Waals surface area (Å²) in [6.07, 6.45) is -1.59. The van der Waals surface area contributed by atoms with Crippen LogP contribution in [0.5, 0.6) is 0 Å². The number of alkyl carbamates (subject to hydrolysis) is 1. The lowest BCUT2D eigenvalue weighted by atomic mass is 9.84. The standard InChI is InChI=1S/C32H35N5O8/c1-43-31(40)35-28(27(22-11-4-2-5-12-22)23-13-6-3-7-14-23)30(39)34-25-15-9-8-10-21(25)16-17-24-18-37(32(41)42)26(19-44-24)29(33)36-45-20-38/h2-15,20,24,26-28H,16-19H2,1H3,(H2,33,36)(H,34,39)(H,35,40)(H,41,42)/t24-,26+,28+/m1/s1. The van der Waals surface area contributed by atoms with E-state index in [1.54, 1.807) is 12.1 Å². The summed E-state index contributed by atoms with van der Waals surface area (Å²) in [7, 11) is 1.24. The van der Waals surface area contributed by atoms with Gasteiger partial charge in [-0.2, -0.15) is 0 Å². The number of benzene rings is 3. The van der Waals surface area contributed by atoms with Gasteiger partial charge >= 0.3 is 18.7 Å². The van der Waals surface area contributed by atoms with Gasteiger partial charge in [0, 0.05) is 11.6 Å². The molecule has 13 heteroatoms. The highest BCUT2D eigenvalue weighted by atomic mass is 16.7. The third-order valence-electron chi connectivity index (χ3n) is 7.46. The van der Waals surface area contributed by atoms with Gasteiger partial charge in [0.25, 0.3) is 0 Å². The van der Waals surface area contributed by atoms with Crippen molar-refractivity contribution in [2.24, 2.45) is 10.9 Å². The number of carboxylic acid groups (broad SMARTS) is 1. The number of carbonyl (C=O) groups is 4. The molecule has 45 heavy (non-hydrogen) atoms. The number of amides is 3. The molecule has 0 spiro atoms. The van der Waals surface area contributed by atoms with E-state index in [0.29, 0.717) is 18.5 Å². The Morgan fingerprint density at radius 1 is 1.04 bits per heavy atom. The maximum Gasteiger partial charge on any atom is 0.408 e. The largest absolute Gasteiger partial charge is 0.465 e. The van der Waals surface area contributed by atoms with Crippen LogP contribution in [0.2, 0.25) is 0 Å². The molecule has 1 saturated heterocycles. The van der Waals surface area contributed by atoms with E-state index < -0.39 is 42.2 Å². The van der Waals surface area contributed by atoms with Gasteiger partial charge in [0.1, 0.15) is 12.1 Å². The predicted octanol–water partition coefficient (Wildman–Crippen LogP) is 3.31. The summed E-state index contributed by atoms with van der Waals surface area (Å²) in [6, 6.07) is 24.1. The molecule has 0 radical (unpaired) electrons. The van der Waals surface area contributed by atoms with E-state index >= 15 is 0 Å². The summed E-state index contributed by atoms with van der Waals surface area (Å²) in [5.74, 6) is -1.18. The second-order valence-corrected chi connectivity index (χ2v) is 10.2. The summed E-state index contributed by atoms with van der Waals surface area (Å²) in [6.45, 7) is 0.0127. The van der Waals surface area contributed by atoms with Gasteiger partial charge < -0.3 is 35.8 Å². The molecule has 3 atom stereocenters. The van der Waals surface area contributed by atoms with Gasteiger partial charge in [-0.05, 0) is 35.6 Å². The highest BCUT2D eigenvalue weighted by Crippen LogP contribution is 2.30. The normalized spacial score (nSPS) is 17.2. The van der Waals surface area contributed by atoms with E-state index in [9.17, 15) is 24.3 Å². The average molecular weight is 618 g/mol. The lowest BCUT2D eigenvalue weighted by Crippen LogP contribution is -2.57. The number of ether oxygens (including phenoxy) is 2. The fraction of sp³-hybridized carbons (Fsp3) is 0.281. The van der Waals surface area contributed by atoms with Crippen molar-refractivity contribution in [3.63, 3.8) is 0 Å². The number of amidine groups is 1. The Balaban J connectivity index is 1.53. The molecular formula is C32H35N5O8. The third kappa shape index (κ3) is 8.57. The van der Waals surface area contributed by atoms with Gasteiger partial charge in [-0.1, -0.05) is 84.0 Å². The maximum atomic E-state index is 14.0. The maximum absolute atomic E-state index is 14.0. The van der Waals surface area contributed by atoms with Crippen molar-refractivity contribution < 1.29 is 38.6 Å². The Morgan fingerprint density at radius 3 is 2.27 bits per heavy atom. The number of carbonyl (C=O) groups excluding carboxylic acids is 3. The van der Waals surface area contributed by atoms with Crippen molar-refractivity contribution in [1.82, 2.24) is 10.2 Å². The minimum Gasteiger partial charge on any atom is -0.465 e. The molecule has 0 aromatic heterocycles. The molecule has 3 aromatic rings. The Morgan fingerprint density at radius 2 is 1.67 bits per heavy atom. The number of nitrogens with one attached hydrogen (secondary N) is 2. The van der Waals surface area contributed by atoms with Crippen molar-refractivity contribution in [2.75, 3.05) is 25.6 Å². The Bertz CT molecular complexity index is 1450. The van der Waals surface area contributed by atoms with E-state index in [1.807, 2.05) is 72.8 Å². The Kier molecular flexibility index (Phi) is 11.5. The average Bonchev–Trinajstić information content (AvgIpc) is 3.07. The van der Waals surface area contributed by atoms with Gasteiger partial charge in [0.05, 0.1) is 26.4 Å². The quantitative estimate of drug-likeness (QED) is 0.0779. The van der Waals surface area contributed by atoms with Crippen LogP contribution < -0.4 is 16.4 Å². The van der Waals surface area contributed by atoms with Crippen LogP contribution in [0.25, 0.3) is 0 Å². The van der Waals surface area contributed by atoms with Gasteiger partial charge in [-0.25, -0.2) is 9.59 Å². The summed E-state index contributed by atoms with van der Waals surface area (Å²) in [4.78, 5) is 54.2. The molecule has 13 nitrogen and oxygen atoms in total. The molecule has 4 rings (SSSR count). The van der Waals surface area contributed by atoms with Crippen molar-refractivity contribution in [3.05, 3.63) is 102 Å². The number of aryl methyl sites for hydroxylation is 1. The first-order valence-corrected chi connectivity index (χ1v) is 14.2. The zero-order valence-corrected chi connectivity index (χ0v) is 24.6. The SMILES string of the molecule is COC(=O)N[C@H](C(=O)Nc1ccccc1CC[C@@H]1CN(C(=O)O)[C@H](/C(N)=N\OC=O)CO1)C(c1ccccc1)c1ccccc1. The number of hydrogen-bond acceptors (Lipinski definition) is 8. The number of hydrogen-bond donors (Lipinski definition) is 4. The van der Waals surface area contributed by atoms with Crippen molar-refractivity contribution >= 4 is 36.1 Å². The molecular weight excluding hydrogens is 582 g/mol. The monoisotopic (exact) mass is 617 g/mol. The van der Waals surface area contributed by atoms with Crippen molar-refractivity contribution in [1.29, 1.82) is 0 Å². The van der Waals surface area contributed by atoms with E-state index in [2.05, 4.69) is 20.6 Å². The first-order valence-electron chi connectivity index (χ1n) is 14.2. The molecule has 0 bridgehead atoms. The number of rotatable bonds is 12. The molecule has 236 valence electrons. The van der Waals surface area contributed by atoms with E-state index in [-0.39, 0.29) is 25.5 Å². The van der Waals surface area contributed by atoms with Crippen LogP contribution >= 0.6 is 0 Å². The minimum absolute atomic E-state index is 0.00674. The molecule has 3 aromatic carbocycles. The first-order chi connectivity index (χ1) is 21.8. The lowest BCUT2D eigenvalue weighted by molar-refractivity contribution is -0.128. The van der Waals surface area contributed by atoms with Crippen LogP contribution in [-0.4, -0.2) is 78.9 Å². The highest BCUT2D eigenvalue weighted by molar-refractivity contribution is 5.98. The summed E-state index contributed by atoms with van der Waals surface area (Å²) >= 11 is 0. The van der Waals surface area contributed by atoms with Crippen molar-refractivity contribution in [3.8, 4) is 0 Å². The highest BCUT2D eigenvalue weighted by Gasteiger charge is 2.36. The molecule has 0 saturated carbocycles. The Labute approximate surface area is 259 Å². The lowest BCUT2D eigenvalue weighted by Gasteiger charge is -2.37. The number of morpholine rings is 1. The first kappa shape index (κ1) is 32.5. The second kappa shape index (κ2) is 15.9. The van der Waals surface area contributed by atoms with Gasteiger partial charge in [0.15, 0.2) is 5.84 Å². The number of oxime groups is 1. The number of anilines is 1. The molecule has 0 unspecified atom stereocenters. The molecule has 1 aliphatic rings. The number of nitrogens with zero attached hydrogens (tertiary/aromatic N) is 2. The van der Waals surface area contributed by atoms with Crippen LogP contribution in [0.3, 0.4) is 0 Å². The number of nitrogens with two attached hydrogens (primary N) is 1. The van der Waals surface area contributed by atoms with Crippen molar-refractivity contribution in [2.45, 2.75) is 36.9 Å². The second-order valence-electron chi connectivity index (χ2n) is 10.2. The van der Waals surface area contributed by atoms with Crippen LogP contribution in [0.15, 0.2) is 90.1 Å². The van der Waals surface area contributed by atoms with E-state index in [0.717, 1.165) is 21.6 Å². The molecule has 1 fully saturated rings. The summed E-state index contributed by atoms with van der Waals surface area (Å²) < 4.78 is 10.8. The zero-order valence-electron chi connectivity index (χ0n) is 24.6. The molecule has 1 heterocycles. The fourth-order valence-corrected chi connectivity index (χ4v) is 5.26. The fourth-order valence-electron chi connectivity index (χ4n) is 5.26. The van der Waals surface area contributed by atoms with Gasteiger partial charge in [0.2, 0.25) is 5.91 Å². The van der Waals surface area contributed by atoms with Crippen LogP contribution in [-0.2, 0) is 30.3 Å². The van der Waals surface area contributed by atoms with Crippen LogP contribution in [0.1, 0.15) is 29.0 Å².